The average molecular weight is 285 g/mol. The Morgan fingerprint density at radius 2 is 1.95 bits per heavy atom. The second kappa shape index (κ2) is 8.77. The average Bonchev–Trinajstić information content (AvgIpc) is 2.42. The summed E-state index contributed by atoms with van der Waals surface area (Å²) in [6.07, 6.45) is 2.48. The molecule has 0 saturated carbocycles. The Labute approximate surface area is 119 Å². The van der Waals surface area contributed by atoms with Gasteiger partial charge in [0.2, 0.25) is 0 Å². The van der Waals surface area contributed by atoms with E-state index in [0.29, 0.717) is 11.6 Å². The van der Waals surface area contributed by atoms with Crippen molar-refractivity contribution in [1.82, 2.24) is 10.6 Å². The van der Waals surface area contributed by atoms with E-state index in [1.54, 1.807) is 24.3 Å². The van der Waals surface area contributed by atoms with Gasteiger partial charge in [0.15, 0.2) is 0 Å². The Bertz CT molecular complexity index is 382. The minimum absolute atomic E-state index is 0.182. The summed E-state index contributed by atoms with van der Waals surface area (Å²) in [5.41, 5.74) is 0.732. The molecule has 1 unspecified atom stereocenters. The molecule has 0 aliphatic carbocycles. The molecule has 1 atom stereocenters. The number of hydrogen-bond donors (Lipinski definition) is 3. The van der Waals surface area contributed by atoms with Crippen LogP contribution in [0.2, 0.25) is 5.02 Å². The van der Waals surface area contributed by atoms with Crippen molar-refractivity contribution in [2.24, 2.45) is 0 Å². The van der Waals surface area contributed by atoms with Gasteiger partial charge < -0.3 is 15.7 Å². The van der Waals surface area contributed by atoms with Crippen molar-refractivity contribution < 1.29 is 9.90 Å². The monoisotopic (exact) mass is 284 g/mol. The summed E-state index contributed by atoms with van der Waals surface area (Å²) in [5.74, 6) is 0. The number of rotatable bonds is 7. The predicted octanol–water partition coefficient (Wildman–Crippen LogP) is 2.86. The highest BCUT2D eigenvalue weighted by Crippen LogP contribution is 2.15. The van der Waals surface area contributed by atoms with Gasteiger partial charge in [-0.2, -0.15) is 0 Å². The molecular formula is C14H21ClN2O2. The summed E-state index contributed by atoms with van der Waals surface area (Å²) in [4.78, 5) is 11.4. The van der Waals surface area contributed by atoms with E-state index in [1.807, 2.05) is 0 Å². The zero-order valence-electron chi connectivity index (χ0n) is 11.2. The van der Waals surface area contributed by atoms with E-state index in [-0.39, 0.29) is 12.6 Å². The summed E-state index contributed by atoms with van der Waals surface area (Å²) in [6, 6.07) is 6.67. The maximum Gasteiger partial charge on any atom is 0.314 e. The number of benzene rings is 1. The van der Waals surface area contributed by atoms with E-state index in [1.165, 1.54) is 0 Å². The van der Waals surface area contributed by atoms with Crippen molar-refractivity contribution in [3.63, 3.8) is 0 Å². The molecule has 0 radical (unpaired) electrons. The number of aliphatic hydroxyl groups excluding tert-OH is 1. The number of amides is 2. The Morgan fingerprint density at radius 3 is 2.58 bits per heavy atom. The first-order valence-electron chi connectivity index (χ1n) is 6.58. The minimum atomic E-state index is -0.723. The molecule has 1 aromatic carbocycles. The molecule has 1 aromatic rings. The van der Waals surface area contributed by atoms with Crippen LogP contribution < -0.4 is 10.6 Å². The number of unbranched alkanes of at least 4 members (excludes halogenated alkanes) is 2. The minimum Gasteiger partial charge on any atom is -0.387 e. The van der Waals surface area contributed by atoms with Gasteiger partial charge >= 0.3 is 6.03 Å². The van der Waals surface area contributed by atoms with E-state index >= 15 is 0 Å². The molecule has 3 N–H and O–H groups in total. The number of nitrogens with one attached hydrogen (secondary N) is 2. The maximum absolute atomic E-state index is 11.4. The van der Waals surface area contributed by atoms with Gasteiger partial charge in [0.05, 0.1) is 6.10 Å². The van der Waals surface area contributed by atoms with Crippen molar-refractivity contribution >= 4 is 17.6 Å². The Hall–Kier alpha value is -1.26. The van der Waals surface area contributed by atoms with Crippen LogP contribution in [0.15, 0.2) is 24.3 Å². The molecule has 106 valence electrons. The maximum atomic E-state index is 11.4. The van der Waals surface area contributed by atoms with Crippen molar-refractivity contribution in [2.45, 2.75) is 32.3 Å². The van der Waals surface area contributed by atoms with Gasteiger partial charge in [-0.15, -0.1) is 0 Å². The molecule has 2 amide bonds. The van der Waals surface area contributed by atoms with Crippen molar-refractivity contribution in [3.8, 4) is 0 Å². The third kappa shape index (κ3) is 6.45. The van der Waals surface area contributed by atoms with Crippen LogP contribution in [0.25, 0.3) is 0 Å². The van der Waals surface area contributed by atoms with Crippen molar-refractivity contribution in [2.75, 3.05) is 13.1 Å². The molecule has 1 rings (SSSR count). The van der Waals surface area contributed by atoms with Gasteiger partial charge in [0.25, 0.3) is 0 Å². The van der Waals surface area contributed by atoms with Gasteiger partial charge in [-0.05, 0) is 24.1 Å². The normalized spacial score (nSPS) is 11.9. The second-order valence-electron chi connectivity index (χ2n) is 4.41. The molecule has 0 aliphatic heterocycles. The third-order valence-corrected chi connectivity index (χ3v) is 3.03. The van der Waals surface area contributed by atoms with Gasteiger partial charge in [0.1, 0.15) is 0 Å². The van der Waals surface area contributed by atoms with E-state index in [4.69, 9.17) is 11.6 Å². The van der Waals surface area contributed by atoms with Crippen LogP contribution in [-0.2, 0) is 0 Å². The lowest BCUT2D eigenvalue weighted by Crippen LogP contribution is -2.38. The molecule has 0 fully saturated rings. The number of urea groups is 1. The van der Waals surface area contributed by atoms with Crippen LogP contribution in [0.4, 0.5) is 4.79 Å². The highest BCUT2D eigenvalue weighted by molar-refractivity contribution is 6.30. The first-order chi connectivity index (χ1) is 9.13. The van der Waals surface area contributed by atoms with E-state index in [9.17, 15) is 9.90 Å². The van der Waals surface area contributed by atoms with Crippen LogP contribution in [0.3, 0.4) is 0 Å². The van der Waals surface area contributed by atoms with Gasteiger partial charge in [-0.3, -0.25) is 0 Å². The summed E-state index contributed by atoms with van der Waals surface area (Å²) in [7, 11) is 0. The molecule has 0 aliphatic rings. The van der Waals surface area contributed by atoms with E-state index in [2.05, 4.69) is 17.6 Å². The van der Waals surface area contributed by atoms with E-state index < -0.39 is 6.10 Å². The molecule has 0 bridgehead atoms. The first kappa shape index (κ1) is 15.8. The van der Waals surface area contributed by atoms with Crippen molar-refractivity contribution in [1.29, 1.82) is 0 Å². The summed E-state index contributed by atoms with van der Waals surface area (Å²) in [5, 5.41) is 15.9. The fraction of sp³-hybridized carbons (Fsp3) is 0.500. The molecule has 4 nitrogen and oxygen atoms in total. The lowest BCUT2D eigenvalue weighted by molar-refractivity contribution is 0.173. The van der Waals surface area contributed by atoms with Crippen molar-refractivity contribution in [3.05, 3.63) is 34.9 Å². The molecule has 0 aromatic heterocycles. The Morgan fingerprint density at radius 1 is 1.26 bits per heavy atom. The van der Waals surface area contributed by atoms with Gasteiger partial charge in [-0.25, -0.2) is 4.79 Å². The molecular weight excluding hydrogens is 264 g/mol. The van der Waals surface area contributed by atoms with Crippen LogP contribution in [-0.4, -0.2) is 24.2 Å². The number of hydrogen-bond acceptors (Lipinski definition) is 2. The summed E-state index contributed by atoms with van der Waals surface area (Å²) in [6.45, 7) is 2.96. The van der Waals surface area contributed by atoms with Crippen LogP contribution in [0.5, 0.6) is 0 Å². The first-order valence-corrected chi connectivity index (χ1v) is 6.96. The second-order valence-corrected chi connectivity index (χ2v) is 4.85. The van der Waals surface area contributed by atoms with Crippen LogP contribution in [0, 0.1) is 0 Å². The lowest BCUT2D eigenvalue weighted by atomic mass is 10.1. The molecule has 5 heteroatoms. The lowest BCUT2D eigenvalue weighted by Gasteiger charge is -2.13. The fourth-order valence-electron chi connectivity index (χ4n) is 1.63. The largest absolute Gasteiger partial charge is 0.387 e. The summed E-state index contributed by atoms with van der Waals surface area (Å²) < 4.78 is 0. The van der Waals surface area contributed by atoms with Crippen LogP contribution >= 0.6 is 11.6 Å². The zero-order valence-corrected chi connectivity index (χ0v) is 11.9. The number of aliphatic hydroxyl groups is 1. The highest BCUT2D eigenvalue weighted by Gasteiger charge is 2.08. The smallest absolute Gasteiger partial charge is 0.314 e. The number of carbonyl (C=O) groups excluding carboxylic acids is 1. The molecule has 0 spiro atoms. The standard InChI is InChI=1S/C14H21ClN2O2/c1-2-3-4-9-16-14(19)17-10-13(18)11-5-7-12(15)8-6-11/h5-8,13,18H,2-4,9-10H2,1H3,(H2,16,17,19). The predicted molar refractivity (Wildman–Crippen MR) is 77.3 cm³/mol. The van der Waals surface area contributed by atoms with Gasteiger partial charge in [0, 0.05) is 18.1 Å². The molecule has 19 heavy (non-hydrogen) atoms. The van der Waals surface area contributed by atoms with Gasteiger partial charge in [-0.1, -0.05) is 43.5 Å². The molecule has 0 saturated heterocycles. The van der Waals surface area contributed by atoms with Crippen LogP contribution in [0.1, 0.15) is 37.9 Å². The SMILES string of the molecule is CCCCCNC(=O)NCC(O)c1ccc(Cl)cc1. The fourth-order valence-corrected chi connectivity index (χ4v) is 1.76. The topological polar surface area (TPSA) is 61.4 Å². The Kier molecular flexibility index (Phi) is 7.30. The zero-order chi connectivity index (χ0) is 14.1. The number of halogens is 1. The third-order valence-electron chi connectivity index (χ3n) is 2.78. The highest BCUT2D eigenvalue weighted by atomic mass is 35.5. The van der Waals surface area contributed by atoms with E-state index in [0.717, 1.165) is 24.8 Å². The molecule has 0 heterocycles. The number of carbonyl (C=O) groups is 1. The summed E-state index contributed by atoms with van der Waals surface area (Å²) >= 11 is 5.77. The quantitative estimate of drug-likeness (QED) is 0.674. The Balaban J connectivity index is 2.24.